The lowest BCUT2D eigenvalue weighted by Gasteiger charge is -2.19. The van der Waals surface area contributed by atoms with Gasteiger partial charge < -0.3 is 10.4 Å². The molecule has 0 aliphatic heterocycles. The lowest BCUT2D eigenvalue weighted by atomic mass is 9.91. The Bertz CT molecular complexity index is 1040. The van der Waals surface area contributed by atoms with Crippen LogP contribution in [-0.4, -0.2) is 22.2 Å². The summed E-state index contributed by atoms with van der Waals surface area (Å²) in [7, 11) is 0. The first-order valence-corrected chi connectivity index (χ1v) is 9.73. The number of hydrogen-bond acceptors (Lipinski definition) is 4. The zero-order valence-corrected chi connectivity index (χ0v) is 16.2. The second-order valence-corrected chi connectivity index (χ2v) is 8.67. The van der Waals surface area contributed by atoms with Crippen LogP contribution >= 0.6 is 11.3 Å². The zero-order chi connectivity index (χ0) is 19.3. The summed E-state index contributed by atoms with van der Waals surface area (Å²) in [6, 6.07) is 11.9. The highest BCUT2D eigenvalue weighted by Crippen LogP contribution is 2.37. The average Bonchev–Trinajstić information content (AvgIpc) is 3.19. The van der Waals surface area contributed by atoms with Gasteiger partial charge in [0, 0.05) is 0 Å². The van der Waals surface area contributed by atoms with Crippen molar-refractivity contribution in [2.45, 2.75) is 39.0 Å². The Balaban J connectivity index is 1.67. The molecule has 1 aliphatic carbocycles. The zero-order valence-electron chi connectivity index (χ0n) is 15.4. The third-order valence-electron chi connectivity index (χ3n) is 4.92. The van der Waals surface area contributed by atoms with Crippen LogP contribution < -0.4 is 5.32 Å². The van der Waals surface area contributed by atoms with Gasteiger partial charge in [-0.25, -0.2) is 9.37 Å². The van der Waals surface area contributed by atoms with E-state index in [4.69, 9.17) is 0 Å². The highest BCUT2D eigenvalue weighted by Gasteiger charge is 2.43. The molecule has 1 saturated carbocycles. The van der Waals surface area contributed by atoms with E-state index < -0.39 is 17.7 Å². The molecule has 1 aromatic heterocycles. The van der Waals surface area contributed by atoms with E-state index in [9.17, 15) is 14.3 Å². The number of nitrogens with one attached hydrogen (secondary N) is 1. The summed E-state index contributed by atoms with van der Waals surface area (Å²) in [5, 5.41) is 13.5. The Morgan fingerprint density at radius 2 is 2.04 bits per heavy atom. The fraction of sp³-hybridized carbons (Fsp3) is 0.333. The maximum Gasteiger partial charge on any atom is 0.232 e. The molecule has 140 valence electrons. The third-order valence-corrected chi connectivity index (χ3v) is 5.86. The van der Waals surface area contributed by atoms with Gasteiger partial charge in [-0.15, -0.1) is 0 Å². The molecule has 1 amide bonds. The second kappa shape index (κ2) is 6.39. The number of benzene rings is 2. The van der Waals surface area contributed by atoms with Crippen molar-refractivity contribution >= 4 is 32.6 Å². The van der Waals surface area contributed by atoms with Gasteiger partial charge in [-0.1, -0.05) is 29.5 Å². The van der Waals surface area contributed by atoms with E-state index in [1.54, 1.807) is 13.8 Å². The first-order valence-electron chi connectivity index (χ1n) is 8.92. The molecule has 3 aromatic rings. The number of hydrogen-bond donors (Lipinski definition) is 2. The predicted octanol–water partition coefficient (Wildman–Crippen LogP) is 4.80. The summed E-state index contributed by atoms with van der Waals surface area (Å²) in [4.78, 5) is 16.3. The normalized spacial score (nSPS) is 19.3. The van der Waals surface area contributed by atoms with Gasteiger partial charge in [0.15, 0.2) is 5.13 Å². The number of fused-ring (bicyclic) bond motifs is 1. The predicted molar refractivity (Wildman–Crippen MR) is 107 cm³/mol. The van der Waals surface area contributed by atoms with Crippen LogP contribution in [0.3, 0.4) is 0 Å². The number of rotatable bonds is 4. The molecule has 27 heavy (non-hydrogen) atoms. The van der Waals surface area contributed by atoms with Crippen LogP contribution in [0.25, 0.3) is 21.3 Å². The molecule has 1 fully saturated rings. The fourth-order valence-electron chi connectivity index (χ4n) is 3.09. The summed E-state index contributed by atoms with van der Waals surface area (Å²) in [6.07, 6.45) is -0.713. The molecule has 0 bridgehead atoms. The number of alkyl halides is 1. The number of carbonyl (C=O) groups excluding carboxylic acids is 1. The van der Waals surface area contributed by atoms with Crippen molar-refractivity contribution in [3.63, 3.8) is 0 Å². The number of aryl methyl sites for hydroxylation is 1. The van der Waals surface area contributed by atoms with E-state index in [2.05, 4.69) is 10.3 Å². The van der Waals surface area contributed by atoms with Crippen LogP contribution in [0.4, 0.5) is 9.52 Å². The molecule has 0 radical (unpaired) electrons. The summed E-state index contributed by atoms with van der Waals surface area (Å²) >= 11 is 1.38. The van der Waals surface area contributed by atoms with E-state index in [0.717, 1.165) is 32.5 Å². The van der Waals surface area contributed by atoms with E-state index >= 15 is 0 Å². The SMILES string of the molecule is Cc1ccc(C(C)(C)O)cc1-c1ccc2nc(NC(=O)[C@@H]3C[C@@H]3F)sc2c1. The molecule has 0 unspecified atom stereocenters. The number of amides is 1. The fourth-order valence-corrected chi connectivity index (χ4v) is 4.00. The minimum atomic E-state index is -1.02. The first kappa shape index (κ1) is 18.1. The van der Waals surface area contributed by atoms with Crippen LogP contribution in [0, 0.1) is 12.8 Å². The number of aliphatic hydroxyl groups is 1. The highest BCUT2D eigenvalue weighted by atomic mass is 32.1. The standard InChI is InChI=1S/C21H21FN2O2S/c1-11-4-6-13(21(2,3)26)9-14(11)12-5-7-17-18(8-12)27-20(23-17)24-19(25)15-10-16(15)22/h4-9,15-16,26H,10H2,1-3H3,(H,23,24,25)/t15-,16+/m1/s1. The van der Waals surface area contributed by atoms with Crippen molar-refractivity contribution < 1.29 is 14.3 Å². The molecule has 2 atom stereocenters. The molecule has 0 saturated heterocycles. The Kier molecular flexibility index (Phi) is 4.28. The maximum absolute atomic E-state index is 13.0. The van der Waals surface area contributed by atoms with E-state index in [1.165, 1.54) is 11.3 Å². The van der Waals surface area contributed by atoms with Gasteiger partial charge in [0.25, 0.3) is 0 Å². The molecular formula is C21H21FN2O2S. The lowest BCUT2D eigenvalue weighted by molar-refractivity contribution is -0.117. The topological polar surface area (TPSA) is 62.2 Å². The van der Waals surface area contributed by atoms with Gasteiger partial charge in [-0.05, 0) is 67.6 Å². The van der Waals surface area contributed by atoms with Gasteiger partial charge in [-0.3, -0.25) is 4.79 Å². The van der Waals surface area contributed by atoms with Crippen LogP contribution in [0.5, 0.6) is 0 Å². The quantitative estimate of drug-likeness (QED) is 0.679. The molecule has 6 heteroatoms. The van der Waals surface area contributed by atoms with Crippen LogP contribution in [0.1, 0.15) is 31.4 Å². The lowest BCUT2D eigenvalue weighted by Crippen LogP contribution is -2.15. The molecule has 1 aliphatic rings. The molecule has 0 spiro atoms. The van der Waals surface area contributed by atoms with Crippen LogP contribution in [-0.2, 0) is 10.4 Å². The van der Waals surface area contributed by atoms with Crippen molar-refractivity contribution in [3.8, 4) is 11.1 Å². The Morgan fingerprint density at radius 1 is 1.30 bits per heavy atom. The highest BCUT2D eigenvalue weighted by molar-refractivity contribution is 7.22. The van der Waals surface area contributed by atoms with E-state index in [0.29, 0.717) is 11.6 Å². The summed E-state index contributed by atoms with van der Waals surface area (Å²) in [5.74, 6) is -0.824. The summed E-state index contributed by atoms with van der Waals surface area (Å²) < 4.78 is 14.0. The molecule has 4 nitrogen and oxygen atoms in total. The van der Waals surface area contributed by atoms with Crippen LogP contribution in [0.15, 0.2) is 36.4 Å². The van der Waals surface area contributed by atoms with E-state index in [-0.39, 0.29) is 5.91 Å². The van der Waals surface area contributed by atoms with Crippen molar-refractivity contribution in [3.05, 3.63) is 47.5 Å². The largest absolute Gasteiger partial charge is 0.386 e. The van der Waals surface area contributed by atoms with Crippen LogP contribution in [0.2, 0.25) is 0 Å². The number of nitrogens with zero attached hydrogens (tertiary/aromatic N) is 1. The summed E-state index contributed by atoms with van der Waals surface area (Å²) in [6.45, 7) is 5.57. The molecular weight excluding hydrogens is 363 g/mol. The van der Waals surface area contributed by atoms with Crippen molar-refractivity contribution in [1.82, 2.24) is 4.98 Å². The monoisotopic (exact) mass is 384 g/mol. The van der Waals surface area contributed by atoms with Crippen molar-refractivity contribution in [2.24, 2.45) is 5.92 Å². The van der Waals surface area contributed by atoms with Gasteiger partial charge in [0.05, 0.1) is 21.7 Å². The number of anilines is 1. The number of aromatic nitrogens is 1. The van der Waals surface area contributed by atoms with Gasteiger partial charge in [0.1, 0.15) is 6.17 Å². The Morgan fingerprint density at radius 3 is 2.70 bits per heavy atom. The smallest absolute Gasteiger partial charge is 0.232 e. The van der Waals surface area contributed by atoms with Crippen molar-refractivity contribution in [2.75, 3.05) is 5.32 Å². The second-order valence-electron chi connectivity index (χ2n) is 7.64. The molecule has 4 rings (SSSR count). The molecule has 2 N–H and O–H groups in total. The van der Waals surface area contributed by atoms with Crippen molar-refractivity contribution in [1.29, 1.82) is 0 Å². The van der Waals surface area contributed by atoms with E-state index in [1.807, 2.05) is 43.3 Å². The first-order chi connectivity index (χ1) is 12.7. The van der Waals surface area contributed by atoms with Gasteiger partial charge >= 0.3 is 0 Å². The Hall–Kier alpha value is -2.31. The van der Waals surface area contributed by atoms with Gasteiger partial charge in [-0.2, -0.15) is 0 Å². The maximum atomic E-state index is 13.0. The third kappa shape index (κ3) is 3.59. The summed E-state index contributed by atoms with van der Waals surface area (Å²) in [5.41, 5.74) is 3.93. The van der Waals surface area contributed by atoms with Gasteiger partial charge in [0.2, 0.25) is 5.91 Å². The number of thiazole rings is 1. The minimum Gasteiger partial charge on any atom is -0.386 e. The Labute approximate surface area is 161 Å². The number of carbonyl (C=O) groups is 1. The molecule has 2 aromatic carbocycles. The average molecular weight is 384 g/mol. The minimum absolute atomic E-state index is 0.296. The number of halogens is 1. The molecule has 1 heterocycles.